The van der Waals surface area contributed by atoms with Crippen LogP contribution < -0.4 is 5.32 Å². The van der Waals surface area contributed by atoms with E-state index in [1.165, 1.54) is 19.4 Å². The van der Waals surface area contributed by atoms with Crippen molar-refractivity contribution < 1.29 is 4.42 Å². The normalized spacial score (nSPS) is 21.2. The van der Waals surface area contributed by atoms with Crippen LogP contribution in [-0.4, -0.2) is 43.1 Å². The molecule has 2 rings (SSSR count). The lowest BCUT2D eigenvalue weighted by molar-refractivity contribution is 0.289. The fraction of sp³-hybridized carbons (Fsp3) is 0.769. The van der Waals surface area contributed by atoms with Gasteiger partial charge in [0.05, 0.1) is 6.20 Å². The molecule has 0 aromatic carbocycles. The van der Waals surface area contributed by atoms with Crippen molar-refractivity contribution in [2.45, 2.75) is 38.1 Å². The van der Waals surface area contributed by atoms with E-state index in [1.54, 1.807) is 0 Å². The fourth-order valence-corrected chi connectivity index (χ4v) is 2.44. The van der Waals surface area contributed by atoms with Gasteiger partial charge in [-0.15, -0.1) is 0 Å². The summed E-state index contributed by atoms with van der Waals surface area (Å²) >= 11 is 0. The van der Waals surface area contributed by atoms with Crippen LogP contribution >= 0.6 is 0 Å². The number of hydrogen-bond donors (Lipinski definition) is 1. The topological polar surface area (TPSA) is 41.3 Å². The minimum atomic E-state index is 0.624. The number of hydrogen-bond acceptors (Lipinski definition) is 4. The van der Waals surface area contributed by atoms with Crippen LogP contribution in [0.4, 0.5) is 0 Å². The maximum atomic E-state index is 5.77. The molecule has 0 amide bonds. The summed E-state index contributed by atoms with van der Waals surface area (Å²) in [5.41, 5.74) is 0. The van der Waals surface area contributed by atoms with E-state index in [1.807, 2.05) is 13.2 Å². The number of likely N-dealkylation sites (tertiary alicyclic amines) is 1. The summed E-state index contributed by atoms with van der Waals surface area (Å²) < 4.78 is 5.77. The minimum Gasteiger partial charge on any atom is -0.446 e. The quantitative estimate of drug-likeness (QED) is 0.761. The van der Waals surface area contributed by atoms with Crippen molar-refractivity contribution in [3.8, 4) is 0 Å². The number of nitrogens with zero attached hydrogens (tertiary/aromatic N) is 2. The molecule has 0 spiro atoms. The predicted octanol–water partition coefficient (Wildman–Crippen LogP) is 1.46. The Kier molecular flexibility index (Phi) is 4.57. The van der Waals surface area contributed by atoms with E-state index in [0.29, 0.717) is 6.04 Å². The van der Waals surface area contributed by atoms with Gasteiger partial charge in [-0.1, -0.05) is 0 Å². The second-order valence-electron chi connectivity index (χ2n) is 4.91. The molecule has 96 valence electrons. The molecule has 1 fully saturated rings. The molecule has 1 aromatic rings. The van der Waals surface area contributed by atoms with Crippen molar-refractivity contribution in [2.24, 2.45) is 0 Å². The smallest absolute Gasteiger partial charge is 0.195 e. The molecule has 1 N–H and O–H groups in total. The van der Waals surface area contributed by atoms with E-state index >= 15 is 0 Å². The highest BCUT2D eigenvalue weighted by Crippen LogP contribution is 2.19. The van der Waals surface area contributed by atoms with Gasteiger partial charge in [0.25, 0.3) is 0 Å². The molecular weight excluding hydrogens is 214 g/mol. The van der Waals surface area contributed by atoms with Crippen molar-refractivity contribution in [2.75, 3.05) is 27.2 Å². The van der Waals surface area contributed by atoms with Gasteiger partial charge in [-0.2, -0.15) is 0 Å². The van der Waals surface area contributed by atoms with Crippen LogP contribution in [0.1, 0.15) is 30.9 Å². The summed E-state index contributed by atoms with van der Waals surface area (Å²) in [7, 11) is 4.16. The van der Waals surface area contributed by atoms with E-state index in [2.05, 4.69) is 22.2 Å². The van der Waals surface area contributed by atoms with Crippen LogP contribution in [0.25, 0.3) is 0 Å². The third-order valence-corrected chi connectivity index (χ3v) is 3.53. The summed E-state index contributed by atoms with van der Waals surface area (Å²) in [5, 5.41) is 3.14. The Hall–Kier alpha value is -0.870. The summed E-state index contributed by atoms with van der Waals surface area (Å²) in [4.78, 5) is 6.79. The molecule has 0 bridgehead atoms. The first-order valence-electron chi connectivity index (χ1n) is 6.58. The molecular formula is C13H23N3O. The van der Waals surface area contributed by atoms with Gasteiger partial charge in [0, 0.05) is 18.9 Å². The molecule has 4 heteroatoms. The van der Waals surface area contributed by atoms with Crippen molar-refractivity contribution in [3.05, 3.63) is 17.8 Å². The molecule has 17 heavy (non-hydrogen) atoms. The molecule has 1 unspecified atom stereocenters. The van der Waals surface area contributed by atoms with Crippen LogP contribution in [0.15, 0.2) is 10.6 Å². The second kappa shape index (κ2) is 6.17. The lowest BCUT2D eigenvalue weighted by Gasteiger charge is -2.17. The number of rotatable bonds is 6. The average molecular weight is 237 g/mol. The Morgan fingerprint density at radius 3 is 3.18 bits per heavy atom. The highest BCUT2D eigenvalue weighted by molar-refractivity contribution is 4.97. The molecule has 2 heterocycles. The van der Waals surface area contributed by atoms with Crippen LogP contribution in [0.5, 0.6) is 0 Å². The Bertz CT molecular complexity index is 337. The maximum absolute atomic E-state index is 5.77. The molecule has 1 aliphatic heterocycles. The first-order valence-corrected chi connectivity index (χ1v) is 6.58. The van der Waals surface area contributed by atoms with Gasteiger partial charge in [0.15, 0.2) is 5.89 Å². The number of aryl methyl sites for hydroxylation is 1. The van der Waals surface area contributed by atoms with E-state index < -0.39 is 0 Å². The average Bonchev–Trinajstić information content (AvgIpc) is 2.91. The maximum Gasteiger partial charge on any atom is 0.195 e. The highest BCUT2D eigenvalue weighted by Gasteiger charge is 2.22. The van der Waals surface area contributed by atoms with Gasteiger partial charge in [0.2, 0.25) is 0 Å². The zero-order valence-electron chi connectivity index (χ0n) is 10.9. The van der Waals surface area contributed by atoms with Crippen LogP contribution in [-0.2, 0) is 12.8 Å². The summed E-state index contributed by atoms with van der Waals surface area (Å²) in [6.45, 7) is 2.24. The number of aromatic nitrogens is 1. The fourth-order valence-electron chi connectivity index (χ4n) is 2.44. The second-order valence-corrected chi connectivity index (χ2v) is 4.91. The zero-order valence-corrected chi connectivity index (χ0v) is 10.9. The van der Waals surface area contributed by atoms with Crippen LogP contribution in [0, 0.1) is 0 Å². The Morgan fingerprint density at radius 1 is 1.59 bits per heavy atom. The third kappa shape index (κ3) is 3.54. The molecule has 0 radical (unpaired) electrons. The molecule has 0 aliphatic carbocycles. The molecule has 4 nitrogen and oxygen atoms in total. The van der Waals surface area contributed by atoms with Crippen molar-refractivity contribution in [1.29, 1.82) is 0 Å². The Morgan fingerprint density at radius 2 is 2.47 bits per heavy atom. The molecule has 0 saturated carbocycles. The summed E-state index contributed by atoms with van der Waals surface area (Å²) in [5.74, 6) is 1.93. The lowest BCUT2D eigenvalue weighted by Crippen LogP contribution is -2.26. The minimum absolute atomic E-state index is 0.624. The van der Waals surface area contributed by atoms with E-state index in [9.17, 15) is 0 Å². The predicted molar refractivity (Wildman–Crippen MR) is 68.1 cm³/mol. The monoisotopic (exact) mass is 237 g/mol. The molecule has 1 atom stereocenters. The van der Waals surface area contributed by atoms with Crippen LogP contribution in [0.3, 0.4) is 0 Å². The van der Waals surface area contributed by atoms with Gasteiger partial charge in [-0.25, -0.2) is 4.98 Å². The summed E-state index contributed by atoms with van der Waals surface area (Å²) in [6, 6.07) is 0.624. The molecule has 1 aliphatic rings. The first kappa shape index (κ1) is 12.6. The van der Waals surface area contributed by atoms with Gasteiger partial charge < -0.3 is 14.6 Å². The van der Waals surface area contributed by atoms with Crippen molar-refractivity contribution in [3.63, 3.8) is 0 Å². The van der Waals surface area contributed by atoms with Gasteiger partial charge in [0.1, 0.15) is 5.76 Å². The van der Waals surface area contributed by atoms with Crippen molar-refractivity contribution >= 4 is 0 Å². The Labute approximate surface area is 103 Å². The van der Waals surface area contributed by atoms with E-state index in [-0.39, 0.29) is 0 Å². The van der Waals surface area contributed by atoms with Gasteiger partial charge >= 0.3 is 0 Å². The highest BCUT2D eigenvalue weighted by atomic mass is 16.4. The van der Waals surface area contributed by atoms with Gasteiger partial charge in [-0.3, -0.25) is 0 Å². The van der Waals surface area contributed by atoms with Gasteiger partial charge in [-0.05, 0) is 46.4 Å². The number of oxazole rings is 1. The third-order valence-electron chi connectivity index (χ3n) is 3.53. The largest absolute Gasteiger partial charge is 0.446 e. The lowest BCUT2D eigenvalue weighted by atomic mass is 10.1. The zero-order chi connectivity index (χ0) is 12.1. The Balaban J connectivity index is 1.81. The van der Waals surface area contributed by atoms with Crippen LogP contribution in [0.2, 0.25) is 0 Å². The number of nitrogens with one attached hydrogen (secondary N) is 1. The SMILES string of the molecule is CNCCCc1cnc(CC2CCCN2C)o1. The summed E-state index contributed by atoms with van der Waals surface area (Å²) in [6.07, 6.45) is 7.51. The van der Waals surface area contributed by atoms with Crippen molar-refractivity contribution in [1.82, 2.24) is 15.2 Å². The van der Waals surface area contributed by atoms with E-state index in [0.717, 1.165) is 37.5 Å². The van der Waals surface area contributed by atoms with E-state index in [4.69, 9.17) is 4.42 Å². The molecule has 1 saturated heterocycles. The molecule has 1 aromatic heterocycles. The number of likely N-dealkylation sites (N-methyl/N-ethyl adjacent to an activating group) is 1. The standard InChI is InChI=1S/C13H23N3O/c1-14-7-3-6-12-10-15-13(17-12)9-11-5-4-8-16(11)2/h10-11,14H,3-9H2,1-2H3. The first-order chi connectivity index (χ1) is 8.29.